The number of carbonyl (C=O) groups is 1. The Balaban J connectivity index is 1.47. The van der Waals surface area contributed by atoms with Gasteiger partial charge in [-0.15, -0.1) is 5.10 Å². The highest BCUT2D eigenvalue weighted by Gasteiger charge is 2.35. The maximum absolute atomic E-state index is 12.2. The molecule has 2 heterocycles. The van der Waals surface area contributed by atoms with Crippen LogP contribution in [0.1, 0.15) is 25.7 Å². The number of amides is 1. The Labute approximate surface area is 129 Å². The van der Waals surface area contributed by atoms with Crippen molar-refractivity contribution in [3.63, 3.8) is 0 Å². The minimum atomic E-state index is -0.547. The van der Waals surface area contributed by atoms with Crippen molar-refractivity contribution in [2.75, 3.05) is 18.0 Å². The van der Waals surface area contributed by atoms with Crippen LogP contribution >= 0.6 is 0 Å². The molecular weight excluding hydrogens is 282 g/mol. The number of rotatable bonds is 3. The maximum atomic E-state index is 12.2. The van der Waals surface area contributed by atoms with Gasteiger partial charge in [0.2, 0.25) is 5.91 Å². The van der Waals surface area contributed by atoms with Crippen LogP contribution in [0.2, 0.25) is 0 Å². The zero-order chi connectivity index (χ0) is 15.5. The molecule has 0 bridgehead atoms. The van der Waals surface area contributed by atoms with E-state index in [2.05, 4.69) is 20.4 Å². The normalized spacial score (nSPS) is 29.5. The second kappa shape index (κ2) is 6.58. The standard InChI is InChI=1S/C15H23N5O2/c16-12-8-10(9-13(12)21)15(22)18-11-3-6-20(7-4-11)14-2-1-5-17-19-14/h1-2,5,10-13,21H,3-4,6-9,16H2,(H,18,22)/t10-,12+,13+/m0/s1. The zero-order valence-corrected chi connectivity index (χ0v) is 12.6. The van der Waals surface area contributed by atoms with Crippen molar-refractivity contribution in [1.82, 2.24) is 15.5 Å². The number of aliphatic hydroxyl groups is 1. The average molecular weight is 305 g/mol. The van der Waals surface area contributed by atoms with E-state index in [1.54, 1.807) is 6.20 Å². The first-order valence-electron chi connectivity index (χ1n) is 7.90. The van der Waals surface area contributed by atoms with Gasteiger partial charge in [-0.25, -0.2) is 0 Å². The van der Waals surface area contributed by atoms with E-state index < -0.39 is 6.10 Å². The average Bonchev–Trinajstić information content (AvgIpc) is 2.88. The topological polar surface area (TPSA) is 104 Å². The maximum Gasteiger partial charge on any atom is 0.223 e. The van der Waals surface area contributed by atoms with Gasteiger partial charge < -0.3 is 21.1 Å². The zero-order valence-electron chi connectivity index (χ0n) is 12.6. The Kier molecular flexibility index (Phi) is 4.54. The predicted molar refractivity (Wildman–Crippen MR) is 82.1 cm³/mol. The van der Waals surface area contributed by atoms with Crippen LogP contribution in [0.3, 0.4) is 0 Å². The molecule has 2 aliphatic rings. The summed E-state index contributed by atoms with van der Waals surface area (Å²) in [7, 11) is 0. The fraction of sp³-hybridized carbons (Fsp3) is 0.667. The lowest BCUT2D eigenvalue weighted by Crippen LogP contribution is -2.46. The quantitative estimate of drug-likeness (QED) is 0.706. The summed E-state index contributed by atoms with van der Waals surface area (Å²) in [6, 6.07) is 3.75. The molecule has 1 aliphatic carbocycles. The number of piperidine rings is 1. The lowest BCUT2D eigenvalue weighted by Gasteiger charge is -2.33. The number of aliphatic hydroxyl groups excluding tert-OH is 1. The molecule has 2 fully saturated rings. The molecule has 1 aromatic rings. The Morgan fingerprint density at radius 3 is 2.73 bits per heavy atom. The molecule has 4 N–H and O–H groups in total. The van der Waals surface area contributed by atoms with Crippen molar-refractivity contribution in [3.05, 3.63) is 18.3 Å². The van der Waals surface area contributed by atoms with Crippen LogP contribution in [-0.2, 0) is 4.79 Å². The van der Waals surface area contributed by atoms with Crippen molar-refractivity contribution in [2.24, 2.45) is 11.7 Å². The minimum Gasteiger partial charge on any atom is -0.391 e. The number of nitrogens with one attached hydrogen (secondary N) is 1. The molecule has 1 amide bonds. The SMILES string of the molecule is N[C@@H]1C[C@H](C(=O)NC2CCN(c3cccnn3)CC2)C[C@H]1O. The molecule has 1 aliphatic heterocycles. The summed E-state index contributed by atoms with van der Waals surface area (Å²) < 4.78 is 0. The summed E-state index contributed by atoms with van der Waals surface area (Å²) in [4.78, 5) is 14.4. The molecule has 1 aromatic heterocycles. The van der Waals surface area contributed by atoms with E-state index in [9.17, 15) is 9.90 Å². The third kappa shape index (κ3) is 3.36. The van der Waals surface area contributed by atoms with Gasteiger partial charge in [0.25, 0.3) is 0 Å². The molecule has 120 valence electrons. The lowest BCUT2D eigenvalue weighted by molar-refractivity contribution is -0.125. The van der Waals surface area contributed by atoms with E-state index in [-0.39, 0.29) is 23.9 Å². The van der Waals surface area contributed by atoms with Crippen LogP contribution in [0.15, 0.2) is 18.3 Å². The molecule has 0 radical (unpaired) electrons. The van der Waals surface area contributed by atoms with Gasteiger partial charge in [-0.1, -0.05) is 0 Å². The van der Waals surface area contributed by atoms with Crippen molar-refractivity contribution in [1.29, 1.82) is 0 Å². The number of nitrogens with two attached hydrogens (primary N) is 1. The first-order chi connectivity index (χ1) is 10.6. The van der Waals surface area contributed by atoms with Crippen molar-refractivity contribution < 1.29 is 9.90 Å². The third-order valence-corrected chi connectivity index (χ3v) is 4.67. The molecule has 3 rings (SSSR count). The Hall–Kier alpha value is -1.73. The van der Waals surface area contributed by atoms with E-state index in [1.807, 2.05) is 12.1 Å². The predicted octanol–water partition coefficient (Wildman–Crippen LogP) is -0.340. The molecule has 7 heteroatoms. The van der Waals surface area contributed by atoms with Crippen LogP contribution < -0.4 is 16.0 Å². The molecular formula is C15H23N5O2. The number of aromatic nitrogens is 2. The van der Waals surface area contributed by atoms with E-state index in [1.165, 1.54) is 0 Å². The van der Waals surface area contributed by atoms with Crippen LogP contribution in [-0.4, -0.2) is 52.5 Å². The van der Waals surface area contributed by atoms with Gasteiger partial charge in [-0.2, -0.15) is 5.10 Å². The summed E-state index contributed by atoms with van der Waals surface area (Å²) in [5.41, 5.74) is 5.77. The number of carbonyl (C=O) groups excluding carboxylic acids is 1. The monoisotopic (exact) mass is 305 g/mol. The number of hydrogen-bond acceptors (Lipinski definition) is 6. The lowest BCUT2D eigenvalue weighted by atomic mass is 10.0. The van der Waals surface area contributed by atoms with Crippen LogP contribution in [0, 0.1) is 5.92 Å². The van der Waals surface area contributed by atoms with Gasteiger partial charge >= 0.3 is 0 Å². The number of anilines is 1. The second-order valence-corrected chi connectivity index (χ2v) is 6.25. The van der Waals surface area contributed by atoms with Crippen molar-refractivity contribution in [2.45, 2.75) is 43.9 Å². The Morgan fingerprint density at radius 2 is 2.14 bits per heavy atom. The first-order valence-corrected chi connectivity index (χ1v) is 7.90. The molecule has 1 saturated heterocycles. The molecule has 3 atom stereocenters. The number of nitrogens with zero attached hydrogens (tertiary/aromatic N) is 3. The highest BCUT2D eigenvalue weighted by Crippen LogP contribution is 2.25. The van der Waals surface area contributed by atoms with Crippen LogP contribution in [0.25, 0.3) is 0 Å². The summed E-state index contributed by atoms with van der Waals surface area (Å²) in [5.74, 6) is 0.769. The molecule has 1 saturated carbocycles. The largest absolute Gasteiger partial charge is 0.391 e. The van der Waals surface area contributed by atoms with Gasteiger partial charge in [0, 0.05) is 37.3 Å². The second-order valence-electron chi connectivity index (χ2n) is 6.25. The van der Waals surface area contributed by atoms with Gasteiger partial charge in [-0.3, -0.25) is 4.79 Å². The molecule has 0 unspecified atom stereocenters. The van der Waals surface area contributed by atoms with E-state index in [0.717, 1.165) is 31.7 Å². The van der Waals surface area contributed by atoms with E-state index in [4.69, 9.17) is 5.73 Å². The van der Waals surface area contributed by atoms with Gasteiger partial charge in [0.05, 0.1) is 6.10 Å². The van der Waals surface area contributed by atoms with Crippen LogP contribution in [0.4, 0.5) is 5.82 Å². The minimum absolute atomic E-state index is 0.0324. The molecule has 0 spiro atoms. The summed E-state index contributed by atoms with van der Waals surface area (Å²) >= 11 is 0. The molecule has 22 heavy (non-hydrogen) atoms. The van der Waals surface area contributed by atoms with Crippen LogP contribution in [0.5, 0.6) is 0 Å². The third-order valence-electron chi connectivity index (χ3n) is 4.67. The fourth-order valence-electron chi connectivity index (χ4n) is 3.30. The summed E-state index contributed by atoms with van der Waals surface area (Å²) in [6.07, 6.45) is 3.95. The number of hydrogen-bond donors (Lipinski definition) is 3. The summed E-state index contributed by atoms with van der Waals surface area (Å²) in [6.45, 7) is 1.72. The molecule has 0 aromatic carbocycles. The smallest absolute Gasteiger partial charge is 0.223 e. The highest BCUT2D eigenvalue weighted by molar-refractivity contribution is 5.79. The molecule has 7 nitrogen and oxygen atoms in total. The van der Waals surface area contributed by atoms with Gasteiger partial charge in [0.1, 0.15) is 0 Å². The van der Waals surface area contributed by atoms with Crippen molar-refractivity contribution >= 4 is 11.7 Å². The van der Waals surface area contributed by atoms with Crippen molar-refractivity contribution in [3.8, 4) is 0 Å². The fourth-order valence-corrected chi connectivity index (χ4v) is 3.30. The Bertz CT molecular complexity index is 494. The van der Waals surface area contributed by atoms with E-state index in [0.29, 0.717) is 12.8 Å². The highest BCUT2D eigenvalue weighted by atomic mass is 16.3. The van der Waals surface area contributed by atoms with Gasteiger partial charge in [0.15, 0.2) is 5.82 Å². The summed E-state index contributed by atoms with van der Waals surface area (Å²) in [5, 5.41) is 20.8. The Morgan fingerprint density at radius 1 is 1.36 bits per heavy atom. The van der Waals surface area contributed by atoms with E-state index >= 15 is 0 Å². The van der Waals surface area contributed by atoms with Gasteiger partial charge in [-0.05, 0) is 37.8 Å². The first kappa shape index (κ1) is 15.2.